The molecule has 1 heterocycles. The highest BCUT2D eigenvalue weighted by Crippen LogP contribution is 2.09. The van der Waals surface area contributed by atoms with Crippen molar-refractivity contribution in [3.05, 3.63) is 35.9 Å². The highest BCUT2D eigenvalue weighted by molar-refractivity contribution is 5.14. The van der Waals surface area contributed by atoms with Crippen molar-refractivity contribution >= 4 is 0 Å². The predicted octanol–water partition coefficient (Wildman–Crippen LogP) is 7.35. The van der Waals surface area contributed by atoms with Crippen molar-refractivity contribution in [2.24, 2.45) is 0 Å². The van der Waals surface area contributed by atoms with Gasteiger partial charge in [0.25, 0.3) is 0 Å². The zero-order valence-electron chi connectivity index (χ0n) is 17.6. The molecule has 0 N–H and O–H groups in total. The molecule has 1 fully saturated rings. The van der Waals surface area contributed by atoms with Crippen molar-refractivity contribution in [1.82, 2.24) is 4.90 Å². The molecule has 1 aromatic carbocycles. The minimum absolute atomic E-state index is 1.21. The molecule has 142 valence electrons. The maximum absolute atomic E-state index is 2.64. The van der Waals surface area contributed by atoms with Gasteiger partial charge >= 0.3 is 0 Å². The van der Waals surface area contributed by atoms with Crippen LogP contribution in [0, 0.1) is 0 Å². The first-order chi connectivity index (χ1) is 11.9. The van der Waals surface area contributed by atoms with Crippen molar-refractivity contribution in [3.63, 3.8) is 0 Å². The van der Waals surface area contributed by atoms with Gasteiger partial charge in [-0.05, 0) is 50.9 Å². The summed E-state index contributed by atoms with van der Waals surface area (Å²) in [5, 5.41) is 0. The first kappa shape index (κ1) is 25.4. The number of nitrogens with zero attached hydrogens (tertiary/aromatic N) is 1. The van der Waals surface area contributed by atoms with Crippen LogP contribution in [0.4, 0.5) is 0 Å². The van der Waals surface area contributed by atoms with Crippen molar-refractivity contribution in [3.8, 4) is 0 Å². The Morgan fingerprint density at radius 1 is 0.750 bits per heavy atom. The monoisotopic (exact) mass is 335 g/mol. The van der Waals surface area contributed by atoms with Crippen LogP contribution in [-0.4, -0.2) is 24.5 Å². The second-order valence-electron chi connectivity index (χ2n) is 5.85. The lowest BCUT2D eigenvalue weighted by Gasteiger charge is -2.18. The Morgan fingerprint density at radius 2 is 1.29 bits per heavy atom. The third kappa shape index (κ3) is 16.1. The molecular formula is C23H45N. The molecule has 0 radical (unpaired) electrons. The Hall–Kier alpha value is -0.820. The van der Waals surface area contributed by atoms with Gasteiger partial charge in [0.1, 0.15) is 0 Å². The second kappa shape index (κ2) is 22.2. The van der Waals surface area contributed by atoms with Crippen molar-refractivity contribution < 1.29 is 0 Å². The fraction of sp³-hybridized carbons (Fsp3) is 0.739. The quantitative estimate of drug-likeness (QED) is 0.543. The van der Waals surface area contributed by atoms with Crippen LogP contribution in [0.15, 0.2) is 30.3 Å². The van der Waals surface area contributed by atoms with E-state index in [1.165, 1.54) is 76.6 Å². The fourth-order valence-electron chi connectivity index (χ4n) is 2.67. The van der Waals surface area contributed by atoms with Gasteiger partial charge in [-0.15, -0.1) is 0 Å². The highest BCUT2D eigenvalue weighted by Gasteiger charge is 2.06. The van der Waals surface area contributed by atoms with Crippen molar-refractivity contribution in [1.29, 1.82) is 0 Å². The van der Waals surface area contributed by atoms with Crippen LogP contribution >= 0.6 is 0 Å². The number of likely N-dealkylation sites (tertiary alicyclic amines) is 1. The van der Waals surface area contributed by atoms with Gasteiger partial charge < -0.3 is 4.90 Å². The molecule has 0 unspecified atom stereocenters. The van der Waals surface area contributed by atoms with Gasteiger partial charge in [0, 0.05) is 0 Å². The van der Waals surface area contributed by atoms with Gasteiger partial charge in [0.05, 0.1) is 0 Å². The summed E-state index contributed by atoms with van der Waals surface area (Å²) in [6.07, 6.45) is 11.0. The Bertz CT molecular complexity index is 299. The zero-order chi connectivity index (χ0) is 18.5. The predicted molar refractivity (Wildman–Crippen MR) is 113 cm³/mol. The highest BCUT2D eigenvalue weighted by atomic mass is 15.1. The lowest BCUT2D eigenvalue weighted by Crippen LogP contribution is -2.25. The molecule has 0 aliphatic carbocycles. The molecule has 1 saturated heterocycles. The maximum atomic E-state index is 2.64. The number of rotatable bonds is 5. The normalized spacial score (nSPS) is 13.9. The lowest BCUT2D eigenvalue weighted by molar-refractivity contribution is 0.280. The largest absolute Gasteiger partial charge is 0.303 e. The SMILES string of the molecule is CC.CC.CCCCN1CCCCCC1.CCCc1ccccc1. The van der Waals surface area contributed by atoms with Crippen LogP contribution in [0.25, 0.3) is 0 Å². The molecule has 0 amide bonds. The number of hydrogen-bond acceptors (Lipinski definition) is 1. The van der Waals surface area contributed by atoms with E-state index in [9.17, 15) is 0 Å². The Kier molecular flexibility index (Phi) is 23.5. The molecule has 0 atom stereocenters. The molecule has 0 aromatic heterocycles. The third-order valence-corrected chi connectivity index (χ3v) is 3.91. The van der Waals surface area contributed by atoms with Crippen LogP contribution in [-0.2, 0) is 6.42 Å². The first-order valence-electron chi connectivity index (χ1n) is 10.6. The van der Waals surface area contributed by atoms with Gasteiger partial charge in [0.15, 0.2) is 0 Å². The Labute approximate surface area is 153 Å². The van der Waals surface area contributed by atoms with Gasteiger partial charge in [-0.2, -0.15) is 0 Å². The minimum Gasteiger partial charge on any atom is -0.303 e. The first-order valence-corrected chi connectivity index (χ1v) is 10.6. The fourth-order valence-corrected chi connectivity index (χ4v) is 2.67. The van der Waals surface area contributed by atoms with E-state index in [0.29, 0.717) is 0 Å². The topological polar surface area (TPSA) is 3.24 Å². The second-order valence-corrected chi connectivity index (χ2v) is 5.85. The molecule has 0 bridgehead atoms. The van der Waals surface area contributed by atoms with E-state index < -0.39 is 0 Å². The van der Waals surface area contributed by atoms with E-state index in [1.54, 1.807) is 0 Å². The summed E-state index contributed by atoms with van der Waals surface area (Å²) < 4.78 is 0. The molecule has 2 rings (SSSR count). The molecular weight excluding hydrogens is 290 g/mol. The van der Waals surface area contributed by atoms with Crippen LogP contribution in [0.5, 0.6) is 0 Å². The molecule has 1 aliphatic heterocycles. The van der Waals surface area contributed by atoms with Crippen LogP contribution in [0.2, 0.25) is 0 Å². The number of benzene rings is 1. The summed E-state index contributed by atoms with van der Waals surface area (Å²) in [4.78, 5) is 2.64. The Balaban J connectivity index is 0. The van der Waals surface area contributed by atoms with Crippen LogP contribution in [0.1, 0.15) is 92.1 Å². The van der Waals surface area contributed by atoms with Gasteiger partial charge in [-0.3, -0.25) is 0 Å². The summed E-state index contributed by atoms with van der Waals surface area (Å²) in [6, 6.07) is 10.6. The molecule has 0 saturated carbocycles. The molecule has 24 heavy (non-hydrogen) atoms. The number of aryl methyl sites for hydroxylation is 1. The van der Waals surface area contributed by atoms with E-state index in [-0.39, 0.29) is 0 Å². The van der Waals surface area contributed by atoms with Crippen LogP contribution < -0.4 is 0 Å². The van der Waals surface area contributed by atoms with E-state index in [1.807, 2.05) is 27.7 Å². The summed E-state index contributed by atoms with van der Waals surface area (Å²) in [6.45, 7) is 16.5. The molecule has 1 nitrogen and oxygen atoms in total. The van der Waals surface area contributed by atoms with E-state index in [2.05, 4.69) is 49.1 Å². The lowest BCUT2D eigenvalue weighted by atomic mass is 10.1. The maximum Gasteiger partial charge on any atom is -0.00187 e. The molecule has 1 aliphatic rings. The number of hydrogen-bond donors (Lipinski definition) is 0. The van der Waals surface area contributed by atoms with Crippen molar-refractivity contribution in [2.45, 2.75) is 92.9 Å². The van der Waals surface area contributed by atoms with Gasteiger partial charge in [0.2, 0.25) is 0 Å². The third-order valence-electron chi connectivity index (χ3n) is 3.91. The van der Waals surface area contributed by atoms with Crippen LogP contribution in [0.3, 0.4) is 0 Å². The van der Waals surface area contributed by atoms with E-state index in [4.69, 9.17) is 0 Å². The van der Waals surface area contributed by atoms with E-state index in [0.717, 1.165) is 0 Å². The Morgan fingerprint density at radius 3 is 1.75 bits per heavy atom. The summed E-state index contributed by atoms with van der Waals surface area (Å²) in [5.74, 6) is 0. The standard InChI is InChI=1S/C10H21N.C9H12.2C2H6/c1-2-3-8-11-9-6-4-5-7-10-11;1-2-6-9-7-4-3-5-8-9;2*1-2/h2-10H2,1H3;3-5,7-8H,2,6H2,1H3;2*1-2H3. The smallest absolute Gasteiger partial charge is 0.00187 e. The average Bonchev–Trinajstić information content (AvgIpc) is 2.94. The van der Waals surface area contributed by atoms with Gasteiger partial charge in [-0.1, -0.05) is 97.6 Å². The minimum atomic E-state index is 1.21. The van der Waals surface area contributed by atoms with Crippen molar-refractivity contribution in [2.75, 3.05) is 19.6 Å². The molecule has 1 aromatic rings. The van der Waals surface area contributed by atoms with Gasteiger partial charge in [-0.25, -0.2) is 0 Å². The molecule has 1 heteroatoms. The average molecular weight is 336 g/mol. The molecule has 0 spiro atoms. The summed E-state index contributed by atoms with van der Waals surface area (Å²) in [5.41, 5.74) is 1.44. The number of unbranched alkanes of at least 4 members (excludes halogenated alkanes) is 1. The summed E-state index contributed by atoms with van der Waals surface area (Å²) in [7, 11) is 0. The summed E-state index contributed by atoms with van der Waals surface area (Å²) >= 11 is 0. The van der Waals surface area contributed by atoms with E-state index >= 15 is 0 Å². The zero-order valence-corrected chi connectivity index (χ0v) is 17.6.